The van der Waals surface area contributed by atoms with Crippen molar-refractivity contribution in [3.63, 3.8) is 0 Å². The Bertz CT molecular complexity index is 348. The minimum atomic E-state index is 0.0179. The van der Waals surface area contributed by atoms with Gasteiger partial charge in [0.2, 0.25) is 5.91 Å². The monoisotopic (exact) mass is 234 g/mol. The average molecular weight is 234 g/mol. The van der Waals surface area contributed by atoms with Crippen LogP contribution in [0.25, 0.3) is 0 Å². The maximum atomic E-state index is 11.7. The van der Waals surface area contributed by atoms with Gasteiger partial charge in [-0.2, -0.15) is 0 Å². The van der Waals surface area contributed by atoms with Crippen molar-refractivity contribution in [3.05, 3.63) is 30.3 Å². The van der Waals surface area contributed by atoms with Crippen LogP contribution in [-0.4, -0.2) is 31.7 Å². The molecule has 0 aliphatic carbocycles. The molecule has 1 atom stereocenters. The Morgan fingerprint density at radius 1 is 1.35 bits per heavy atom. The molecular weight excluding hydrogens is 216 g/mol. The summed E-state index contributed by atoms with van der Waals surface area (Å²) in [6, 6.07) is 9.89. The number of hydrogen-bond acceptors (Lipinski definition) is 3. The van der Waals surface area contributed by atoms with E-state index in [2.05, 4.69) is 10.6 Å². The largest absolute Gasteiger partial charge is 0.379 e. The van der Waals surface area contributed by atoms with E-state index < -0.39 is 0 Å². The van der Waals surface area contributed by atoms with Crippen molar-refractivity contribution in [1.82, 2.24) is 5.32 Å². The van der Waals surface area contributed by atoms with Gasteiger partial charge in [-0.15, -0.1) is 0 Å². The van der Waals surface area contributed by atoms with Gasteiger partial charge in [-0.05, 0) is 25.0 Å². The molecule has 1 saturated heterocycles. The van der Waals surface area contributed by atoms with Crippen LogP contribution < -0.4 is 10.6 Å². The normalized spacial score (nSPS) is 19.6. The number of amides is 1. The van der Waals surface area contributed by atoms with Crippen molar-refractivity contribution in [1.29, 1.82) is 0 Å². The Morgan fingerprint density at radius 3 is 2.88 bits per heavy atom. The number of hydrogen-bond donors (Lipinski definition) is 2. The van der Waals surface area contributed by atoms with Crippen molar-refractivity contribution in [2.45, 2.75) is 18.9 Å². The van der Waals surface area contributed by atoms with E-state index in [1.807, 2.05) is 30.3 Å². The zero-order chi connectivity index (χ0) is 11.9. The molecule has 1 heterocycles. The van der Waals surface area contributed by atoms with Crippen LogP contribution in [0.3, 0.4) is 0 Å². The first-order valence-corrected chi connectivity index (χ1v) is 6.00. The van der Waals surface area contributed by atoms with E-state index in [1.165, 1.54) is 0 Å². The second-order valence-electron chi connectivity index (χ2n) is 4.20. The Labute approximate surface area is 101 Å². The van der Waals surface area contributed by atoms with Crippen LogP contribution in [0.1, 0.15) is 12.8 Å². The van der Waals surface area contributed by atoms with Crippen molar-refractivity contribution in [3.8, 4) is 0 Å². The van der Waals surface area contributed by atoms with Crippen molar-refractivity contribution in [2.24, 2.45) is 0 Å². The summed E-state index contributed by atoms with van der Waals surface area (Å²) in [6.07, 6.45) is 2.04. The lowest BCUT2D eigenvalue weighted by Gasteiger charge is -2.23. The lowest BCUT2D eigenvalue weighted by molar-refractivity contribution is -0.121. The summed E-state index contributed by atoms with van der Waals surface area (Å²) >= 11 is 0. The maximum Gasteiger partial charge on any atom is 0.239 e. The first-order valence-electron chi connectivity index (χ1n) is 6.00. The van der Waals surface area contributed by atoms with Crippen LogP contribution in [0.4, 0.5) is 5.69 Å². The van der Waals surface area contributed by atoms with Crippen molar-refractivity contribution in [2.75, 3.05) is 25.1 Å². The van der Waals surface area contributed by atoms with Crippen molar-refractivity contribution >= 4 is 11.6 Å². The molecule has 2 rings (SSSR count). The van der Waals surface area contributed by atoms with E-state index in [4.69, 9.17) is 4.74 Å². The van der Waals surface area contributed by atoms with E-state index in [0.29, 0.717) is 13.2 Å². The highest BCUT2D eigenvalue weighted by molar-refractivity contribution is 5.80. The lowest BCUT2D eigenvalue weighted by Crippen LogP contribution is -2.43. The quantitative estimate of drug-likeness (QED) is 0.827. The van der Waals surface area contributed by atoms with Crippen LogP contribution in [0.15, 0.2) is 30.3 Å². The van der Waals surface area contributed by atoms with Crippen LogP contribution in [-0.2, 0) is 9.53 Å². The molecule has 4 heteroatoms. The third-order valence-electron chi connectivity index (χ3n) is 2.75. The summed E-state index contributed by atoms with van der Waals surface area (Å²) < 4.78 is 5.31. The maximum absolute atomic E-state index is 11.7. The molecule has 92 valence electrons. The second-order valence-corrected chi connectivity index (χ2v) is 4.20. The van der Waals surface area contributed by atoms with E-state index in [-0.39, 0.29) is 11.9 Å². The zero-order valence-corrected chi connectivity index (χ0v) is 9.82. The molecule has 4 nitrogen and oxygen atoms in total. The van der Waals surface area contributed by atoms with Crippen LogP contribution >= 0.6 is 0 Å². The number of nitrogens with one attached hydrogen (secondary N) is 2. The predicted octanol–water partition coefficient (Wildman–Crippen LogP) is 1.39. The molecule has 0 spiro atoms. The van der Waals surface area contributed by atoms with Gasteiger partial charge in [0.1, 0.15) is 0 Å². The number of benzene rings is 1. The van der Waals surface area contributed by atoms with Crippen LogP contribution in [0, 0.1) is 0 Å². The van der Waals surface area contributed by atoms with Gasteiger partial charge in [0.15, 0.2) is 0 Å². The van der Waals surface area contributed by atoms with E-state index >= 15 is 0 Å². The lowest BCUT2D eigenvalue weighted by atomic mass is 10.1. The van der Waals surface area contributed by atoms with Gasteiger partial charge >= 0.3 is 0 Å². The number of para-hydroxylation sites is 1. The first-order chi connectivity index (χ1) is 8.34. The SMILES string of the molecule is O=C(CNc1ccccc1)NC1CCCOC1. The fourth-order valence-corrected chi connectivity index (χ4v) is 1.87. The molecule has 1 aliphatic heterocycles. The average Bonchev–Trinajstić information content (AvgIpc) is 2.39. The number of carbonyl (C=O) groups excluding carboxylic acids is 1. The minimum Gasteiger partial charge on any atom is -0.379 e. The highest BCUT2D eigenvalue weighted by Gasteiger charge is 2.15. The fourth-order valence-electron chi connectivity index (χ4n) is 1.87. The summed E-state index contributed by atoms with van der Waals surface area (Å²) in [4.78, 5) is 11.7. The highest BCUT2D eigenvalue weighted by atomic mass is 16.5. The highest BCUT2D eigenvalue weighted by Crippen LogP contribution is 2.06. The van der Waals surface area contributed by atoms with Crippen LogP contribution in [0.5, 0.6) is 0 Å². The van der Waals surface area contributed by atoms with E-state index in [9.17, 15) is 4.79 Å². The van der Waals surface area contributed by atoms with Crippen molar-refractivity contribution < 1.29 is 9.53 Å². The molecule has 1 aromatic rings. The molecule has 1 unspecified atom stereocenters. The number of rotatable bonds is 4. The van der Waals surface area contributed by atoms with Gasteiger partial charge in [-0.3, -0.25) is 4.79 Å². The summed E-state index contributed by atoms with van der Waals surface area (Å²) in [5.41, 5.74) is 0.961. The molecule has 0 radical (unpaired) electrons. The van der Waals surface area contributed by atoms with Gasteiger partial charge in [0.05, 0.1) is 19.2 Å². The van der Waals surface area contributed by atoms with Gasteiger partial charge < -0.3 is 15.4 Å². The Morgan fingerprint density at radius 2 is 2.18 bits per heavy atom. The number of anilines is 1. The summed E-state index contributed by atoms with van der Waals surface area (Å²) in [6.45, 7) is 1.76. The molecule has 0 aromatic heterocycles. The first kappa shape index (κ1) is 11.9. The fraction of sp³-hybridized carbons (Fsp3) is 0.462. The van der Waals surface area contributed by atoms with Crippen LogP contribution in [0.2, 0.25) is 0 Å². The third kappa shape index (κ3) is 4.07. The zero-order valence-electron chi connectivity index (χ0n) is 9.82. The standard InChI is InChI=1S/C13H18N2O2/c16-13(15-12-7-4-8-17-10-12)9-14-11-5-2-1-3-6-11/h1-3,5-6,12,14H,4,7-10H2,(H,15,16). The van der Waals surface area contributed by atoms with E-state index in [1.54, 1.807) is 0 Å². The summed E-state index contributed by atoms with van der Waals surface area (Å²) in [7, 11) is 0. The summed E-state index contributed by atoms with van der Waals surface area (Å²) in [5, 5.41) is 6.04. The molecule has 17 heavy (non-hydrogen) atoms. The number of carbonyl (C=O) groups is 1. The Hall–Kier alpha value is -1.55. The molecule has 1 aliphatic rings. The molecule has 2 N–H and O–H groups in total. The number of ether oxygens (including phenoxy) is 1. The molecule has 1 fully saturated rings. The Balaban J connectivity index is 1.70. The van der Waals surface area contributed by atoms with Gasteiger partial charge in [-0.1, -0.05) is 18.2 Å². The topological polar surface area (TPSA) is 50.4 Å². The smallest absolute Gasteiger partial charge is 0.239 e. The van der Waals surface area contributed by atoms with Gasteiger partial charge in [-0.25, -0.2) is 0 Å². The molecule has 1 aromatic carbocycles. The molecule has 0 saturated carbocycles. The molecule has 0 bridgehead atoms. The van der Waals surface area contributed by atoms with Gasteiger partial charge in [0.25, 0.3) is 0 Å². The third-order valence-corrected chi connectivity index (χ3v) is 2.75. The summed E-state index contributed by atoms with van der Waals surface area (Å²) in [5.74, 6) is 0.0179. The minimum absolute atomic E-state index is 0.0179. The predicted molar refractivity (Wildman–Crippen MR) is 66.9 cm³/mol. The Kier molecular flexibility index (Phi) is 4.38. The molecular formula is C13H18N2O2. The molecule has 1 amide bonds. The second kappa shape index (κ2) is 6.25. The van der Waals surface area contributed by atoms with E-state index in [0.717, 1.165) is 25.1 Å². The van der Waals surface area contributed by atoms with Gasteiger partial charge in [0, 0.05) is 12.3 Å².